The fraction of sp³-hybridized carbons (Fsp3) is 0.300. The van der Waals surface area contributed by atoms with Crippen LogP contribution in [0.3, 0.4) is 0 Å². The molecule has 4 aromatic rings. The summed E-state index contributed by atoms with van der Waals surface area (Å²) in [5, 5.41) is 5.00. The maximum Gasteiger partial charge on any atom is 0.586 e. The number of rotatable bonds is 3. The molecule has 31 heavy (non-hydrogen) atoms. The summed E-state index contributed by atoms with van der Waals surface area (Å²) in [6.45, 7) is 3.78. The first-order chi connectivity index (χ1) is 14.9. The van der Waals surface area contributed by atoms with Crippen molar-refractivity contribution >= 4 is 22.5 Å². The van der Waals surface area contributed by atoms with E-state index in [1.54, 1.807) is 12.3 Å². The Morgan fingerprint density at radius 3 is 2.84 bits per heavy atom. The molecule has 0 saturated heterocycles. The third kappa shape index (κ3) is 2.84. The van der Waals surface area contributed by atoms with Crippen molar-refractivity contribution in [2.45, 2.75) is 38.8 Å². The number of alkyl halides is 2. The largest absolute Gasteiger partial charge is 0.586 e. The fourth-order valence-corrected chi connectivity index (χ4v) is 4.18. The van der Waals surface area contributed by atoms with Crippen molar-refractivity contribution in [2.24, 2.45) is 0 Å². The van der Waals surface area contributed by atoms with Crippen LogP contribution in [0.4, 0.5) is 14.7 Å². The van der Waals surface area contributed by atoms with E-state index in [-0.39, 0.29) is 29.0 Å². The Morgan fingerprint density at radius 2 is 2.00 bits per heavy atom. The van der Waals surface area contributed by atoms with E-state index in [0.717, 1.165) is 13.1 Å². The number of nitrogen functional groups attached to an aromatic ring is 1. The fourth-order valence-electron chi connectivity index (χ4n) is 4.18. The predicted octanol–water partition coefficient (Wildman–Crippen LogP) is 2.52. The Bertz CT molecular complexity index is 1330. The number of nitrogens with two attached hydrogens (primary N) is 1. The monoisotopic (exact) mass is 425 g/mol. The lowest BCUT2D eigenvalue weighted by Gasteiger charge is -2.22. The quantitative estimate of drug-likeness (QED) is 0.534. The van der Waals surface area contributed by atoms with Crippen LogP contribution in [0.5, 0.6) is 11.5 Å². The van der Waals surface area contributed by atoms with E-state index in [0.29, 0.717) is 23.3 Å². The van der Waals surface area contributed by atoms with Crippen LogP contribution in [0.2, 0.25) is 0 Å². The molecule has 5 heterocycles. The number of halogens is 2. The number of nitrogens with zero attached hydrogens (tertiary/aromatic N) is 6. The van der Waals surface area contributed by atoms with Gasteiger partial charge in [0.05, 0.1) is 0 Å². The van der Waals surface area contributed by atoms with E-state index < -0.39 is 6.29 Å². The number of pyridine rings is 1. The van der Waals surface area contributed by atoms with E-state index in [9.17, 15) is 8.78 Å². The van der Waals surface area contributed by atoms with E-state index in [2.05, 4.69) is 41.3 Å². The molecule has 0 spiro atoms. The number of hydrogen-bond donors (Lipinski definition) is 1. The first-order valence-corrected chi connectivity index (χ1v) is 9.77. The van der Waals surface area contributed by atoms with Crippen LogP contribution in [-0.2, 0) is 19.5 Å². The molecule has 2 N–H and O–H groups in total. The normalized spacial score (nSPS) is 18.0. The van der Waals surface area contributed by atoms with Gasteiger partial charge in [0.15, 0.2) is 23.0 Å². The summed E-state index contributed by atoms with van der Waals surface area (Å²) in [7, 11) is 0. The van der Waals surface area contributed by atoms with Gasteiger partial charge in [0.2, 0.25) is 5.95 Å². The van der Waals surface area contributed by atoms with Crippen molar-refractivity contribution in [2.75, 3.05) is 5.73 Å². The van der Waals surface area contributed by atoms with Gasteiger partial charge in [-0.2, -0.15) is 4.52 Å². The molecule has 3 aromatic heterocycles. The summed E-state index contributed by atoms with van der Waals surface area (Å²) < 4.78 is 37.6. The van der Waals surface area contributed by atoms with Gasteiger partial charge < -0.3 is 15.2 Å². The molecule has 0 bridgehead atoms. The van der Waals surface area contributed by atoms with Crippen molar-refractivity contribution in [3.63, 3.8) is 0 Å². The molecule has 2 aliphatic rings. The molecule has 0 radical (unpaired) electrons. The van der Waals surface area contributed by atoms with Crippen LogP contribution >= 0.6 is 0 Å². The van der Waals surface area contributed by atoms with Crippen molar-refractivity contribution in [3.05, 3.63) is 47.5 Å². The second kappa shape index (κ2) is 6.20. The lowest BCUT2D eigenvalue weighted by molar-refractivity contribution is -0.286. The third-order valence-corrected chi connectivity index (χ3v) is 5.73. The zero-order chi connectivity index (χ0) is 21.3. The number of hydrogen-bond acceptors (Lipinski definition) is 8. The number of fused-ring (bicyclic) bond motifs is 6. The average molecular weight is 425 g/mol. The average Bonchev–Trinajstić information content (AvgIpc) is 3.41. The standard InChI is InChI=1S/C20H17F2N7O2/c1-10(28-8-11-4-5-24-7-12(11)9-28)6-15-25-18-13-2-3-14-17(31-20(21,22)30-14)16(13)26-19(23)29(18)27-15/h2-5,7,10H,6,8-9H2,1H3,(H2,23,26)/t10-/m1/s1. The maximum atomic E-state index is 13.5. The van der Waals surface area contributed by atoms with Crippen LogP contribution in [0.25, 0.3) is 16.6 Å². The lowest BCUT2D eigenvalue weighted by atomic mass is 10.2. The van der Waals surface area contributed by atoms with Gasteiger partial charge in [-0.1, -0.05) is 0 Å². The van der Waals surface area contributed by atoms with Crippen molar-refractivity contribution in [1.29, 1.82) is 0 Å². The van der Waals surface area contributed by atoms with E-state index in [1.165, 1.54) is 21.7 Å². The zero-order valence-electron chi connectivity index (χ0n) is 16.4. The highest BCUT2D eigenvalue weighted by Crippen LogP contribution is 2.45. The second-order valence-corrected chi connectivity index (χ2v) is 7.79. The molecule has 0 fully saturated rings. The Labute approximate surface area is 174 Å². The van der Waals surface area contributed by atoms with Crippen molar-refractivity contribution < 1.29 is 18.3 Å². The van der Waals surface area contributed by atoms with Gasteiger partial charge in [-0.05, 0) is 36.2 Å². The molecule has 158 valence electrons. The highest BCUT2D eigenvalue weighted by Gasteiger charge is 2.45. The van der Waals surface area contributed by atoms with E-state index in [1.807, 2.05) is 12.3 Å². The van der Waals surface area contributed by atoms with Gasteiger partial charge in [-0.3, -0.25) is 9.88 Å². The van der Waals surface area contributed by atoms with Crippen LogP contribution in [0, 0.1) is 0 Å². The Kier molecular flexibility index (Phi) is 3.64. The number of anilines is 1. The summed E-state index contributed by atoms with van der Waals surface area (Å²) in [4.78, 5) is 15.4. The van der Waals surface area contributed by atoms with Gasteiger partial charge in [-0.15, -0.1) is 13.9 Å². The summed E-state index contributed by atoms with van der Waals surface area (Å²) in [5.74, 6) is 0.370. The van der Waals surface area contributed by atoms with Crippen LogP contribution in [-0.4, -0.2) is 41.8 Å². The van der Waals surface area contributed by atoms with Crippen LogP contribution in [0.15, 0.2) is 30.6 Å². The first kappa shape index (κ1) is 18.2. The van der Waals surface area contributed by atoms with Crippen molar-refractivity contribution in [1.82, 2.24) is 29.5 Å². The maximum absolute atomic E-state index is 13.5. The zero-order valence-corrected chi connectivity index (χ0v) is 16.4. The van der Waals surface area contributed by atoms with Gasteiger partial charge in [0.25, 0.3) is 0 Å². The SMILES string of the molecule is C[C@H](Cc1nc2c3ccc4c(c3nc(N)n2n1)OC(F)(F)O4)N1Cc2ccncc2C1. The molecule has 0 amide bonds. The molecular formula is C20H17F2N7O2. The minimum atomic E-state index is -3.74. The Balaban J connectivity index is 1.34. The Morgan fingerprint density at radius 1 is 1.16 bits per heavy atom. The Hall–Kier alpha value is -3.60. The van der Waals surface area contributed by atoms with Crippen molar-refractivity contribution in [3.8, 4) is 11.5 Å². The predicted molar refractivity (Wildman–Crippen MR) is 106 cm³/mol. The smallest absolute Gasteiger partial charge is 0.395 e. The third-order valence-electron chi connectivity index (χ3n) is 5.73. The molecule has 0 aliphatic carbocycles. The first-order valence-electron chi connectivity index (χ1n) is 9.77. The molecule has 2 aliphatic heterocycles. The minimum Gasteiger partial charge on any atom is -0.395 e. The number of aromatic nitrogens is 5. The van der Waals surface area contributed by atoms with Gasteiger partial charge in [0, 0.05) is 43.3 Å². The molecule has 6 rings (SSSR count). The van der Waals surface area contributed by atoms with Gasteiger partial charge in [0.1, 0.15) is 5.52 Å². The molecule has 11 heteroatoms. The molecule has 1 atom stereocenters. The topological polar surface area (TPSA) is 104 Å². The minimum absolute atomic E-state index is 0.0285. The summed E-state index contributed by atoms with van der Waals surface area (Å²) in [5.41, 5.74) is 9.15. The highest BCUT2D eigenvalue weighted by atomic mass is 19.3. The number of ether oxygens (including phenoxy) is 2. The van der Waals surface area contributed by atoms with E-state index in [4.69, 9.17) is 5.73 Å². The van der Waals surface area contributed by atoms with E-state index >= 15 is 0 Å². The van der Waals surface area contributed by atoms with Gasteiger partial charge in [-0.25, -0.2) is 9.97 Å². The van der Waals surface area contributed by atoms with Crippen LogP contribution < -0.4 is 15.2 Å². The molecular weight excluding hydrogens is 408 g/mol. The summed E-state index contributed by atoms with van der Waals surface area (Å²) >= 11 is 0. The molecule has 0 saturated carbocycles. The highest BCUT2D eigenvalue weighted by molar-refractivity contribution is 5.97. The lowest BCUT2D eigenvalue weighted by Crippen LogP contribution is -2.30. The molecule has 9 nitrogen and oxygen atoms in total. The molecule has 1 aromatic carbocycles. The summed E-state index contributed by atoms with van der Waals surface area (Å²) in [6.07, 6.45) is 0.555. The van der Waals surface area contributed by atoms with Crippen LogP contribution in [0.1, 0.15) is 23.9 Å². The molecule has 0 unspecified atom stereocenters. The van der Waals surface area contributed by atoms with Gasteiger partial charge >= 0.3 is 6.29 Å². The number of benzene rings is 1. The summed E-state index contributed by atoms with van der Waals surface area (Å²) in [6, 6.07) is 5.22. The second-order valence-electron chi connectivity index (χ2n) is 7.79.